The highest BCUT2D eigenvalue weighted by molar-refractivity contribution is 5.76. The maximum atomic E-state index is 11.3. The molecule has 1 unspecified atom stereocenters. The van der Waals surface area contributed by atoms with Crippen LogP contribution >= 0.6 is 0 Å². The van der Waals surface area contributed by atoms with E-state index in [-0.39, 0.29) is 0 Å². The molecule has 3 nitrogen and oxygen atoms in total. The third-order valence-corrected chi connectivity index (χ3v) is 3.39. The molecule has 1 atom stereocenters. The van der Waals surface area contributed by atoms with Crippen LogP contribution < -0.4 is 0 Å². The number of rotatable bonds is 4. The van der Waals surface area contributed by atoms with Gasteiger partial charge in [0.2, 0.25) is 0 Å². The predicted octanol–water partition coefficient (Wildman–Crippen LogP) is 2.34. The van der Waals surface area contributed by atoms with Gasteiger partial charge in [0, 0.05) is 6.54 Å². The second-order valence-corrected chi connectivity index (χ2v) is 4.66. The number of nitrogens with zero attached hydrogens (tertiary/aromatic N) is 1. The maximum absolute atomic E-state index is 11.3. The van der Waals surface area contributed by atoms with Crippen LogP contribution in [0.1, 0.15) is 30.7 Å². The molecular formula is C14H19NO2. The minimum absolute atomic E-state index is 0.394. The van der Waals surface area contributed by atoms with Gasteiger partial charge in [-0.3, -0.25) is 4.79 Å². The lowest BCUT2D eigenvalue weighted by molar-refractivity contribution is -0.139. The Bertz CT molecular complexity index is 358. The second kappa shape index (κ2) is 5.82. The Hall–Kier alpha value is -1.35. The molecule has 1 aromatic carbocycles. The Labute approximate surface area is 102 Å². The first kappa shape index (κ1) is 12.1. The Balaban J connectivity index is 2.05. The van der Waals surface area contributed by atoms with Crippen LogP contribution in [-0.4, -0.2) is 35.6 Å². The number of benzene rings is 1. The Kier molecular flexibility index (Phi) is 4.15. The van der Waals surface area contributed by atoms with Crippen LogP contribution in [0.25, 0.3) is 0 Å². The van der Waals surface area contributed by atoms with E-state index in [1.807, 2.05) is 30.3 Å². The number of piperidine rings is 1. The van der Waals surface area contributed by atoms with Crippen molar-refractivity contribution in [3.05, 3.63) is 35.9 Å². The van der Waals surface area contributed by atoms with Crippen LogP contribution in [0.3, 0.4) is 0 Å². The highest BCUT2D eigenvalue weighted by Gasteiger charge is 2.23. The minimum atomic E-state index is -0.721. The molecule has 1 aromatic rings. The first-order chi connectivity index (χ1) is 8.27. The van der Waals surface area contributed by atoms with E-state index in [0.717, 1.165) is 18.7 Å². The van der Waals surface area contributed by atoms with Gasteiger partial charge in [0.1, 0.15) is 0 Å². The van der Waals surface area contributed by atoms with Crippen LogP contribution in [0.2, 0.25) is 0 Å². The zero-order chi connectivity index (χ0) is 12.1. The van der Waals surface area contributed by atoms with E-state index in [4.69, 9.17) is 0 Å². The lowest BCUT2D eigenvalue weighted by Crippen LogP contribution is -2.35. The minimum Gasteiger partial charge on any atom is -0.481 e. The zero-order valence-electron chi connectivity index (χ0n) is 10.0. The second-order valence-electron chi connectivity index (χ2n) is 4.66. The fourth-order valence-electron chi connectivity index (χ4n) is 2.41. The Morgan fingerprint density at radius 2 is 1.82 bits per heavy atom. The van der Waals surface area contributed by atoms with Crippen molar-refractivity contribution in [3.63, 3.8) is 0 Å². The first-order valence-corrected chi connectivity index (χ1v) is 6.27. The Morgan fingerprint density at radius 3 is 2.41 bits per heavy atom. The fraction of sp³-hybridized carbons (Fsp3) is 0.500. The summed E-state index contributed by atoms with van der Waals surface area (Å²) in [5.74, 6) is -1.11. The summed E-state index contributed by atoms with van der Waals surface area (Å²) in [6.07, 6.45) is 3.67. The molecule has 0 aromatic heterocycles. The van der Waals surface area contributed by atoms with Gasteiger partial charge in [-0.25, -0.2) is 0 Å². The summed E-state index contributed by atoms with van der Waals surface area (Å²) < 4.78 is 0. The molecule has 1 N–H and O–H groups in total. The third kappa shape index (κ3) is 3.30. The number of likely N-dealkylation sites (tertiary alicyclic amines) is 1. The SMILES string of the molecule is O=C(O)C(CN1CCCCC1)c1ccccc1. The molecule has 0 radical (unpaired) electrons. The van der Waals surface area contributed by atoms with E-state index < -0.39 is 11.9 Å². The van der Waals surface area contributed by atoms with Crippen molar-refractivity contribution >= 4 is 5.97 Å². The van der Waals surface area contributed by atoms with Crippen LogP contribution in [0, 0.1) is 0 Å². The first-order valence-electron chi connectivity index (χ1n) is 6.27. The van der Waals surface area contributed by atoms with Crippen LogP contribution in [-0.2, 0) is 4.79 Å². The lowest BCUT2D eigenvalue weighted by Gasteiger charge is -2.29. The van der Waals surface area contributed by atoms with Crippen molar-refractivity contribution in [3.8, 4) is 0 Å². The van der Waals surface area contributed by atoms with Gasteiger partial charge in [-0.15, -0.1) is 0 Å². The quantitative estimate of drug-likeness (QED) is 0.867. The molecule has 1 fully saturated rings. The molecule has 0 saturated carbocycles. The van der Waals surface area contributed by atoms with E-state index in [2.05, 4.69) is 4.90 Å². The topological polar surface area (TPSA) is 40.5 Å². The average molecular weight is 233 g/mol. The molecule has 2 rings (SSSR count). The summed E-state index contributed by atoms with van der Waals surface area (Å²) in [6.45, 7) is 2.71. The van der Waals surface area contributed by atoms with E-state index in [1.165, 1.54) is 19.3 Å². The number of hydrogen-bond donors (Lipinski definition) is 1. The smallest absolute Gasteiger partial charge is 0.312 e. The molecule has 92 valence electrons. The van der Waals surface area contributed by atoms with Gasteiger partial charge in [-0.05, 0) is 31.5 Å². The zero-order valence-corrected chi connectivity index (χ0v) is 10.0. The van der Waals surface area contributed by atoms with Crippen molar-refractivity contribution in [1.82, 2.24) is 4.90 Å². The number of aliphatic carboxylic acids is 1. The summed E-state index contributed by atoms with van der Waals surface area (Å²) in [7, 11) is 0. The molecule has 1 heterocycles. The number of carbonyl (C=O) groups is 1. The number of carboxylic acids is 1. The summed E-state index contributed by atoms with van der Waals surface area (Å²) in [5, 5.41) is 9.33. The van der Waals surface area contributed by atoms with Crippen molar-refractivity contribution in [2.75, 3.05) is 19.6 Å². The van der Waals surface area contributed by atoms with Crippen molar-refractivity contribution in [2.45, 2.75) is 25.2 Å². The van der Waals surface area contributed by atoms with Gasteiger partial charge in [-0.1, -0.05) is 36.8 Å². The summed E-state index contributed by atoms with van der Waals surface area (Å²) in [4.78, 5) is 13.6. The van der Waals surface area contributed by atoms with Gasteiger partial charge in [0.05, 0.1) is 5.92 Å². The molecule has 1 aliphatic rings. The van der Waals surface area contributed by atoms with Crippen molar-refractivity contribution < 1.29 is 9.90 Å². The standard InChI is InChI=1S/C14H19NO2/c16-14(17)13(12-7-3-1-4-8-12)11-15-9-5-2-6-10-15/h1,3-4,7-8,13H,2,5-6,9-11H2,(H,16,17). The van der Waals surface area contributed by atoms with Gasteiger partial charge in [0.15, 0.2) is 0 Å². The lowest BCUT2D eigenvalue weighted by atomic mass is 9.97. The monoisotopic (exact) mass is 233 g/mol. The molecule has 3 heteroatoms. The molecular weight excluding hydrogens is 214 g/mol. The summed E-state index contributed by atoms with van der Waals surface area (Å²) in [5.41, 5.74) is 0.908. The predicted molar refractivity (Wildman–Crippen MR) is 67.1 cm³/mol. The van der Waals surface area contributed by atoms with E-state index >= 15 is 0 Å². The summed E-state index contributed by atoms with van der Waals surface area (Å²) in [6, 6.07) is 9.54. The van der Waals surface area contributed by atoms with Gasteiger partial charge in [0.25, 0.3) is 0 Å². The molecule has 17 heavy (non-hydrogen) atoms. The van der Waals surface area contributed by atoms with E-state index in [1.54, 1.807) is 0 Å². The molecule has 0 aliphatic carbocycles. The average Bonchev–Trinajstić information content (AvgIpc) is 2.38. The van der Waals surface area contributed by atoms with Gasteiger partial charge < -0.3 is 10.0 Å². The van der Waals surface area contributed by atoms with Crippen LogP contribution in [0.15, 0.2) is 30.3 Å². The fourth-order valence-corrected chi connectivity index (χ4v) is 2.41. The molecule has 1 saturated heterocycles. The highest BCUT2D eigenvalue weighted by Crippen LogP contribution is 2.19. The molecule has 1 aliphatic heterocycles. The number of carboxylic acid groups (broad SMARTS) is 1. The van der Waals surface area contributed by atoms with Crippen molar-refractivity contribution in [1.29, 1.82) is 0 Å². The van der Waals surface area contributed by atoms with Gasteiger partial charge in [-0.2, -0.15) is 0 Å². The van der Waals surface area contributed by atoms with E-state index in [9.17, 15) is 9.90 Å². The van der Waals surface area contributed by atoms with Crippen molar-refractivity contribution in [2.24, 2.45) is 0 Å². The van der Waals surface area contributed by atoms with Gasteiger partial charge >= 0.3 is 5.97 Å². The molecule has 0 bridgehead atoms. The maximum Gasteiger partial charge on any atom is 0.312 e. The van der Waals surface area contributed by atoms with E-state index in [0.29, 0.717) is 6.54 Å². The van der Waals surface area contributed by atoms with Crippen LogP contribution in [0.4, 0.5) is 0 Å². The Morgan fingerprint density at radius 1 is 1.18 bits per heavy atom. The summed E-state index contributed by atoms with van der Waals surface area (Å²) >= 11 is 0. The normalized spacial score (nSPS) is 18.8. The van der Waals surface area contributed by atoms with Crippen LogP contribution in [0.5, 0.6) is 0 Å². The third-order valence-electron chi connectivity index (χ3n) is 3.39. The largest absolute Gasteiger partial charge is 0.481 e. The molecule has 0 spiro atoms. The number of hydrogen-bond acceptors (Lipinski definition) is 2. The highest BCUT2D eigenvalue weighted by atomic mass is 16.4. The molecule has 0 amide bonds.